The molecule has 3 N–H and O–H groups in total. The van der Waals surface area contributed by atoms with Crippen LogP contribution in [-0.4, -0.2) is 10.1 Å². The molecule has 2 aromatic rings. The van der Waals surface area contributed by atoms with E-state index in [1.165, 1.54) is 11.9 Å². The van der Waals surface area contributed by atoms with Crippen LogP contribution in [0, 0.1) is 13.8 Å². The summed E-state index contributed by atoms with van der Waals surface area (Å²) in [7, 11) is 0. The van der Waals surface area contributed by atoms with Crippen LogP contribution in [0.1, 0.15) is 30.5 Å². The Morgan fingerprint density at radius 1 is 1.32 bits per heavy atom. The first-order valence-corrected chi connectivity index (χ1v) is 7.70. The molecule has 0 aliphatic carbocycles. The van der Waals surface area contributed by atoms with Crippen molar-refractivity contribution in [1.82, 2.24) is 9.71 Å². The molecule has 118 valence electrons. The van der Waals surface area contributed by atoms with Crippen LogP contribution in [0.25, 0.3) is 0 Å². The largest absolute Gasteiger partial charge is 0.456 e. The van der Waals surface area contributed by atoms with Crippen molar-refractivity contribution < 1.29 is 9.52 Å². The van der Waals surface area contributed by atoms with Crippen molar-refractivity contribution in [2.75, 3.05) is 5.32 Å². The molecule has 0 atom stereocenters. The van der Waals surface area contributed by atoms with Crippen molar-refractivity contribution in [1.29, 1.82) is 0 Å². The van der Waals surface area contributed by atoms with Crippen LogP contribution >= 0.6 is 11.9 Å². The third kappa shape index (κ3) is 4.05. The van der Waals surface area contributed by atoms with Gasteiger partial charge in [0, 0.05) is 35.6 Å². The minimum atomic E-state index is -0.914. The van der Waals surface area contributed by atoms with Crippen LogP contribution in [-0.2, 0) is 5.60 Å². The average Bonchev–Trinajstić information content (AvgIpc) is 2.90. The number of aromatic nitrogens is 1. The topological polar surface area (TPSA) is 70.3 Å². The lowest BCUT2D eigenvalue weighted by Crippen LogP contribution is -2.14. The van der Waals surface area contributed by atoms with Gasteiger partial charge in [-0.05, 0) is 44.9 Å². The van der Waals surface area contributed by atoms with Gasteiger partial charge < -0.3 is 19.6 Å². The third-order valence-electron chi connectivity index (χ3n) is 3.16. The molecular formula is C16H21N3O2S. The summed E-state index contributed by atoms with van der Waals surface area (Å²) in [5.41, 5.74) is 2.91. The van der Waals surface area contributed by atoms with Gasteiger partial charge in [-0.2, -0.15) is 0 Å². The molecule has 0 saturated heterocycles. The van der Waals surface area contributed by atoms with Crippen LogP contribution in [0.2, 0.25) is 0 Å². The fraction of sp³-hybridized carbons (Fsp3) is 0.312. The van der Waals surface area contributed by atoms with E-state index < -0.39 is 5.60 Å². The lowest BCUT2D eigenvalue weighted by atomic mass is 10.0. The van der Waals surface area contributed by atoms with E-state index in [0.29, 0.717) is 10.9 Å². The predicted octanol–water partition coefficient (Wildman–Crippen LogP) is 3.70. The van der Waals surface area contributed by atoms with Crippen molar-refractivity contribution in [2.45, 2.75) is 38.4 Å². The zero-order valence-electron chi connectivity index (χ0n) is 13.2. The van der Waals surface area contributed by atoms with Gasteiger partial charge in [-0.15, -0.1) is 0 Å². The van der Waals surface area contributed by atoms with Gasteiger partial charge in [-0.25, -0.2) is 0 Å². The molecule has 5 nitrogen and oxygen atoms in total. The van der Waals surface area contributed by atoms with Crippen LogP contribution in [0.15, 0.2) is 46.6 Å². The second-order valence-corrected chi connectivity index (χ2v) is 6.48. The monoisotopic (exact) mass is 319 g/mol. The summed E-state index contributed by atoms with van der Waals surface area (Å²) in [6.45, 7) is 11.4. The van der Waals surface area contributed by atoms with Gasteiger partial charge in [0.15, 0.2) is 5.09 Å². The fourth-order valence-corrected chi connectivity index (χ4v) is 2.43. The maximum Gasteiger partial charge on any atom is 0.180 e. The van der Waals surface area contributed by atoms with E-state index in [4.69, 9.17) is 4.42 Å². The highest BCUT2D eigenvalue weighted by molar-refractivity contribution is 7.97. The Bertz CT molecular complexity index is 654. The van der Waals surface area contributed by atoms with E-state index in [1.54, 1.807) is 38.6 Å². The van der Waals surface area contributed by atoms with E-state index in [2.05, 4.69) is 21.6 Å². The quantitative estimate of drug-likeness (QED) is 0.705. The van der Waals surface area contributed by atoms with Crippen molar-refractivity contribution >= 4 is 17.6 Å². The summed E-state index contributed by atoms with van der Waals surface area (Å²) in [5, 5.41) is 13.8. The van der Waals surface area contributed by atoms with Gasteiger partial charge in [0.25, 0.3) is 0 Å². The fourth-order valence-electron chi connectivity index (χ4n) is 1.88. The van der Waals surface area contributed by atoms with Crippen LogP contribution < -0.4 is 10.0 Å². The molecule has 0 radical (unpaired) electrons. The number of aryl methyl sites for hydroxylation is 2. The van der Waals surface area contributed by atoms with Gasteiger partial charge in [0.2, 0.25) is 0 Å². The standard InChI is InChI=1S/C16H21N3O2S/c1-10-7-17-8-11(2)15(10)18-12(3)19-22-14-6-13(9-21-14)16(4,5)20/h6-9,19-20H,3H2,1-2,4-5H3,(H,17,18). The highest BCUT2D eigenvalue weighted by Gasteiger charge is 2.19. The maximum atomic E-state index is 9.91. The number of aliphatic hydroxyl groups is 1. The number of hydrogen-bond donors (Lipinski definition) is 3. The van der Waals surface area contributed by atoms with E-state index >= 15 is 0 Å². The van der Waals surface area contributed by atoms with E-state index in [0.717, 1.165) is 22.4 Å². The number of nitrogens with one attached hydrogen (secondary N) is 2. The van der Waals surface area contributed by atoms with Crippen molar-refractivity contribution in [3.05, 3.63) is 53.8 Å². The molecule has 0 saturated carbocycles. The molecule has 0 fully saturated rings. The highest BCUT2D eigenvalue weighted by atomic mass is 32.2. The molecule has 2 rings (SSSR count). The molecule has 0 amide bonds. The maximum absolute atomic E-state index is 9.91. The van der Waals surface area contributed by atoms with Crippen molar-refractivity contribution in [3.63, 3.8) is 0 Å². The average molecular weight is 319 g/mol. The van der Waals surface area contributed by atoms with Gasteiger partial charge in [-0.3, -0.25) is 4.98 Å². The zero-order chi connectivity index (χ0) is 16.3. The smallest absolute Gasteiger partial charge is 0.180 e. The van der Waals surface area contributed by atoms with Gasteiger partial charge >= 0.3 is 0 Å². The molecule has 0 aliphatic heterocycles. The van der Waals surface area contributed by atoms with Crippen molar-refractivity contribution in [3.8, 4) is 0 Å². The Morgan fingerprint density at radius 2 is 1.95 bits per heavy atom. The van der Waals surface area contributed by atoms with Gasteiger partial charge in [0.05, 0.1) is 11.9 Å². The molecule has 0 bridgehead atoms. The summed E-state index contributed by atoms with van der Waals surface area (Å²) < 4.78 is 8.48. The molecule has 0 aliphatic rings. The lowest BCUT2D eigenvalue weighted by Gasteiger charge is -2.14. The highest BCUT2D eigenvalue weighted by Crippen LogP contribution is 2.27. The normalized spacial score (nSPS) is 11.3. The Morgan fingerprint density at radius 3 is 2.50 bits per heavy atom. The van der Waals surface area contributed by atoms with Gasteiger partial charge in [0.1, 0.15) is 5.82 Å². The Kier molecular flexibility index (Phi) is 4.83. The number of rotatable bonds is 6. The predicted molar refractivity (Wildman–Crippen MR) is 89.4 cm³/mol. The van der Waals surface area contributed by atoms with E-state index in [-0.39, 0.29) is 0 Å². The molecule has 6 heteroatoms. The molecule has 2 aromatic heterocycles. The third-order valence-corrected chi connectivity index (χ3v) is 3.92. The number of hydrogen-bond acceptors (Lipinski definition) is 6. The number of pyridine rings is 1. The SMILES string of the molecule is C=C(NSc1cc(C(C)(C)O)co1)Nc1c(C)cncc1C. The molecule has 0 unspecified atom stereocenters. The summed E-state index contributed by atoms with van der Waals surface area (Å²) in [6.07, 6.45) is 5.16. The summed E-state index contributed by atoms with van der Waals surface area (Å²) >= 11 is 1.29. The molecule has 0 aromatic carbocycles. The second-order valence-electron chi connectivity index (χ2n) is 5.67. The van der Waals surface area contributed by atoms with Crippen LogP contribution in [0.3, 0.4) is 0 Å². The Balaban J connectivity index is 1.95. The Hall–Kier alpha value is -1.92. The Labute approximate surface area is 135 Å². The first-order valence-electron chi connectivity index (χ1n) is 6.89. The minimum absolute atomic E-state index is 0.642. The summed E-state index contributed by atoms with van der Waals surface area (Å²) in [4.78, 5) is 4.14. The van der Waals surface area contributed by atoms with Crippen molar-refractivity contribution in [2.24, 2.45) is 0 Å². The number of nitrogens with zero attached hydrogens (tertiary/aromatic N) is 1. The van der Waals surface area contributed by atoms with E-state index in [1.807, 2.05) is 13.8 Å². The molecule has 2 heterocycles. The minimum Gasteiger partial charge on any atom is -0.456 e. The summed E-state index contributed by atoms with van der Waals surface area (Å²) in [5.74, 6) is 0.642. The van der Waals surface area contributed by atoms with Crippen LogP contribution in [0.4, 0.5) is 5.69 Å². The number of anilines is 1. The zero-order valence-corrected chi connectivity index (χ0v) is 14.0. The van der Waals surface area contributed by atoms with E-state index in [9.17, 15) is 5.11 Å². The second kappa shape index (κ2) is 6.46. The molecular weight excluding hydrogens is 298 g/mol. The lowest BCUT2D eigenvalue weighted by molar-refractivity contribution is 0.0779. The van der Waals surface area contributed by atoms with Crippen LogP contribution in [0.5, 0.6) is 0 Å². The first kappa shape index (κ1) is 16.5. The molecule has 22 heavy (non-hydrogen) atoms. The number of furan rings is 1. The molecule has 0 spiro atoms. The first-order chi connectivity index (χ1) is 10.3. The summed E-state index contributed by atoms with van der Waals surface area (Å²) in [6, 6.07) is 1.80. The van der Waals surface area contributed by atoms with Gasteiger partial charge in [-0.1, -0.05) is 6.58 Å².